The van der Waals surface area contributed by atoms with Crippen LogP contribution in [0.25, 0.3) is 11.4 Å². The lowest BCUT2D eigenvalue weighted by molar-refractivity contribution is -0.113. The van der Waals surface area contributed by atoms with Gasteiger partial charge in [-0.2, -0.15) is 0 Å². The van der Waals surface area contributed by atoms with Crippen molar-refractivity contribution in [2.75, 3.05) is 11.2 Å². The molecule has 106 valence electrons. The molecule has 0 aliphatic heterocycles. The number of hydrogen-bond acceptors (Lipinski definition) is 4. The first kappa shape index (κ1) is 14.4. The second-order valence-electron chi connectivity index (χ2n) is 4.42. The summed E-state index contributed by atoms with van der Waals surface area (Å²) in [6, 6.07) is 4.31. The summed E-state index contributed by atoms with van der Waals surface area (Å²) in [6.07, 6.45) is 0. The minimum absolute atomic E-state index is 0.00928. The van der Waals surface area contributed by atoms with Crippen molar-refractivity contribution < 1.29 is 9.18 Å². The molecule has 1 amide bonds. The van der Waals surface area contributed by atoms with Crippen molar-refractivity contribution >= 4 is 23.2 Å². The molecule has 0 unspecified atom stereocenters. The normalized spacial score (nSPS) is 10.8. The molecule has 2 rings (SSSR count). The second kappa shape index (κ2) is 5.96. The monoisotopic (exact) mass is 297 g/mol. The van der Waals surface area contributed by atoms with E-state index in [1.807, 2.05) is 13.8 Å². The lowest BCUT2D eigenvalue weighted by Crippen LogP contribution is -2.12. The number of hydrogen-bond donors (Lipinski definition) is 1. The molecular formula is C12H13ClFN5O. The van der Waals surface area contributed by atoms with Gasteiger partial charge in [-0.3, -0.25) is 4.79 Å². The molecule has 2 aromatic rings. The van der Waals surface area contributed by atoms with E-state index < -0.39 is 11.7 Å². The smallest absolute Gasteiger partial charge is 0.239 e. The average molecular weight is 298 g/mol. The van der Waals surface area contributed by atoms with Gasteiger partial charge in [0.2, 0.25) is 5.91 Å². The van der Waals surface area contributed by atoms with Crippen LogP contribution in [0.15, 0.2) is 18.2 Å². The van der Waals surface area contributed by atoms with Crippen LogP contribution < -0.4 is 5.32 Å². The Bertz CT molecular complexity index is 628. The molecule has 1 heterocycles. The Balaban J connectivity index is 2.34. The maximum absolute atomic E-state index is 14.1. The SMILES string of the molecule is CC(C)n1nnnc1-c1ccc(NC(=O)CCl)cc1F. The molecule has 0 bridgehead atoms. The maximum atomic E-state index is 14.1. The van der Waals surface area contributed by atoms with Gasteiger partial charge in [-0.15, -0.1) is 16.7 Å². The molecule has 1 N–H and O–H groups in total. The van der Waals surface area contributed by atoms with Crippen LogP contribution in [0.1, 0.15) is 19.9 Å². The lowest BCUT2D eigenvalue weighted by atomic mass is 10.1. The van der Waals surface area contributed by atoms with Crippen LogP contribution in [-0.2, 0) is 4.79 Å². The summed E-state index contributed by atoms with van der Waals surface area (Å²) >= 11 is 5.37. The van der Waals surface area contributed by atoms with Crippen molar-refractivity contribution in [3.05, 3.63) is 24.0 Å². The fourth-order valence-electron chi connectivity index (χ4n) is 1.69. The molecule has 0 saturated carbocycles. The number of benzene rings is 1. The molecule has 0 aliphatic rings. The number of anilines is 1. The molecule has 8 heteroatoms. The second-order valence-corrected chi connectivity index (χ2v) is 4.68. The van der Waals surface area contributed by atoms with Crippen molar-refractivity contribution in [1.82, 2.24) is 20.2 Å². The molecule has 0 radical (unpaired) electrons. The quantitative estimate of drug-likeness (QED) is 0.878. The molecule has 0 aliphatic carbocycles. The first-order chi connectivity index (χ1) is 9.52. The third kappa shape index (κ3) is 2.93. The van der Waals surface area contributed by atoms with Crippen LogP contribution in [0.4, 0.5) is 10.1 Å². The van der Waals surface area contributed by atoms with Crippen LogP contribution in [0, 0.1) is 5.82 Å². The molecule has 0 fully saturated rings. The molecular weight excluding hydrogens is 285 g/mol. The van der Waals surface area contributed by atoms with E-state index >= 15 is 0 Å². The number of amides is 1. The number of alkyl halides is 1. The van der Waals surface area contributed by atoms with Gasteiger partial charge in [0.05, 0.1) is 11.6 Å². The molecule has 0 spiro atoms. The van der Waals surface area contributed by atoms with Crippen molar-refractivity contribution in [3.8, 4) is 11.4 Å². The van der Waals surface area contributed by atoms with Gasteiger partial charge in [0.25, 0.3) is 0 Å². The summed E-state index contributed by atoms with van der Waals surface area (Å²) < 4.78 is 15.6. The van der Waals surface area contributed by atoms with Gasteiger partial charge >= 0.3 is 0 Å². The molecule has 0 atom stereocenters. The van der Waals surface area contributed by atoms with E-state index in [2.05, 4.69) is 20.8 Å². The standard InChI is InChI=1S/C12H13ClFN5O/c1-7(2)19-12(16-17-18-19)9-4-3-8(5-10(9)14)15-11(20)6-13/h3-5,7H,6H2,1-2H3,(H,15,20). The van der Waals surface area contributed by atoms with Crippen LogP contribution in [0.2, 0.25) is 0 Å². The highest BCUT2D eigenvalue weighted by molar-refractivity contribution is 6.29. The summed E-state index contributed by atoms with van der Waals surface area (Å²) in [4.78, 5) is 11.1. The van der Waals surface area contributed by atoms with Gasteiger partial charge in [0, 0.05) is 5.69 Å². The Hall–Kier alpha value is -2.02. The van der Waals surface area contributed by atoms with Crippen LogP contribution >= 0.6 is 11.6 Å². The highest BCUT2D eigenvalue weighted by Gasteiger charge is 2.16. The number of nitrogens with zero attached hydrogens (tertiary/aromatic N) is 4. The zero-order valence-electron chi connectivity index (χ0n) is 11.0. The van der Waals surface area contributed by atoms with Crippen molar-refractivity contribution in [3.63, 3.8) is 0 Å². The van der Waals surface area contributed by atoms with Gasteiger partial charge in [-0.25, -0.2) is 9.07 Å². The summed E-state index contributed by atoms with van der Waals surface area (Å²) in [5.74, 6) is -0.762. The zero-order chi connectivity index (χ0) is 14.7. The van der Waals surface area contributed by atoms with Gasteiger partial charge in [0.15, 0.2) is 5.82 Å². The van der Waals surface area contributed by atoms with Gasteiger partial charge in [0.1, 0.15) is 11.7 Å². The summed E-state index contributed by atoms with van der Waals surface area (Å²) in [5, 5.41) is 13.7. The minimum atomic E-state index is -0.519. The van der Waals surface area contributed by atoms with Gasteiger partial charge in [-0.1, -0.05) is 0 Å². The molecule has 1 aromatic heterocycles. The average Bonchev–Trinajstić information content (AvgIpc) is 2.88. The van der Waals surface area contributed by atoms with E-state index in [0.717, 1.165) is 0 Å². The van der Waals surface area contributed by atoms with Crippen LogP contribution in [0.3, 0.4) is 0 Å². The van der Waals surface area contributed by atoms with E-state index in [-0.39, 0.29) is 17.5 Å². The number of tetrazole rings is 1. The van der Waals surface area contributed by atoms with Gasteiger partial charge < -0.3 is 5.32 Å². The Morgan fingerprint density at radius 1 is 1.50 bits per heavy atom. The van der Waals surface area contributed by atoms with Crippen molar-refractivity contribution in [2.45, 2.75) is 19.9 Å². The van der Waals surface area contributed by atoms with E-state index in [0.29, 0.717) is 11.5 Å². The van der Waals surface area contributed by atoms with E-state index in [4.69, 9.17) is 11.6 Å². The van der Waals surface area contributed by atoms with E-state index in [1.54, 1.807) is 6.07 Å². The third-order valence-electron chi connectivity index (χ3n) is 2.60. The molecule has 20 heavy (non-hydrogen) atoms. The predicted molar refractivity (Wildman–Crippen MR) is 72.9 cm³/mol. The van der Waals surface area contributed by atoms with E-state index in [1.165, 1.54) is 16.8 Å². The highest BCUT2D eigenvalue weighted by atomic mass is 35.5. The minimum Gasteiger partial charge on any atom is -0.325 e. The maximum Gasteiger partial charge on any atom is 0.239 e. The number of nitrogens with one attached hydrogen (secondary N) is 1. The largest absolute Gasteiger partial charge is 0.325 e. The first-order valence-corrected chi connectivity index (χ1v) is 6.50. The number of carbonyl (C=O) groups is 1. The number of rotatable bonds is 4. The molecule has 1 aromatic carbocycles. The number of halogens is 2. The molecule has 6 nitrogen and oxygen atoms in total. The summed E-state index contributed by atoms with van der Waals surface area (Å²) in [7, 11) is 0. The third-order valence-corrected chi connectivity index (χ3v) is 2.84. The molecule has 0 saturated heterocycles. The number of aromatic nitrogens is 4. The van der Waals surface area contributed by atoms with Gasteiger partial charge in [-0.05, 0) is 42.5 Å². The fraction of sp³-hybridized carbons (Fsp3) is 0.333. The summed E-state index contributed by atoms with van der Waals surface area (Å²) in [5.41, 5.74) is 0.605. The Kier molecular flexibility index (Phi) is 4.29. The highest BCUT2D eigenvalue weighted by Crippen LogP contribution is 2.24. The van der Waals surface area contributed by atoms with Crippen LogP contribution in [0.5, 0.6) is 0 Å². The van der Waals surface area contributed by atoms with Crippen molar-refractivity contribution in [1.29, 1.82) is 0 Å². The zero-order valence-corrected chi connectivity index (χ0v) is 11.7. The lowest BCUT2D eigenvalue weighted by Gasteiger charge is -2.09. The Labute approximate surface area is 119 Å². The number of carbonyl (C=O) groups excluding carboxylic acids is 1. The van der Waals surface area contributed by atoms with Crippen molar-refractivity contribution in [2.24, 2.45) is 0 Å². The Morgan fingerprint density at radius 3 is 2.85 bits per heavy atom. The predicted octanol–water partition coefficient (Wildman–Crippen LogP) is 2.24. The topological polar surface area (TPSA) is 72.7 Å². The Morgan fingerprint density at radius 2 is 2.25 bits per heavy atom. The van der Waals surface area contributed by atoms with E-state index in [9.17, 15) is 9.18 Å². The van der Waals surface area contributed by atoms with Crippen LogP contribution in [-0.4, -0.2) is 32.0 Å². The fourth-order valence-corrected chi connectivity index (χ4v) is 1.75. The summed E-state index contributed by atoms with van der Waals surface area (Å²) in [6.45, 7) is 3.79. The first-order valence-electron chi connectivity index (χ1n) is 5.96.